The van der Waals surface area contributed by atoms with Gasteiger partial charge in [-0.15, -0.1) is 0 Å². The zero-order chi connectivity index (χ0) is 20.9. The van der Waals surface area contributed by atoms with E-state index in [9.17, 15) is 14.4 Å². The standard InChI is InChI=1S/C21H30N2O5/c1-14-6-8-17(9-7-14)22-18(24)15(2)27-19(25)16-10-12-23(13-11-16)20(26)28-21(3,4)5/h6-9,15-16H,10-13H2,1-5H3,(H,22,24)/t15-/m0/s1. The Kier molecular flexibility index (Phi) is 7.05. The van der Waals surface area contributed by atoms with Crippen molar-refractivity contribution in [3.8, 4) is 0 Å². The van der Waals surface area contributed by atoms with Crippen LogP contribution in [0.2, 0.25) is 0 Å². The molecule has 0 aliphatic carbocycles. The Labute approximate surface area is 166 Å². The molecule has 1 heterocycles. The number of hydrogen-bond donors (Lipinski definition) is 1. The van der Waals surface area contributed by atoms with Gasteiger partial charge in [-0.05, 0) is 59.6 Å². The second kappa shape index (κ2) is 9.08. The van der Waals surface area contributed by atoms with E-state index in [0.717, 1.165) is 5.56 Å². The number of likely N-dealkylation sites (tertiary alicyclic amines) is 1. The maximum atomic E-state index is 12.4. The SMILES string of the molecule is Cc1ccc(NC(=O)[C@H](C)OC(=O)C2CCN(C(=O)OC(C)(C)C)CC2)cc1. The summed E-state index contributed by atoms with van der Waals surface area (Å²) >= 11 is 0. The smallest absolute Gasteiger partial charge is 0.410 e. The number of anilines is 1. The van der Waals surface area contributed by atoms with Gasteiger partial charge in [0.15, 0.2) is 6.10 Å². The monoisotopic (exact) mass is 390 g/mol. The lowest BCUT2D eigenvalue weighted by Gasteiger charge is -2.32. The Morgan fingerprint density at radius 2 is 1.68 bits per heavy atom. The van der Waals surface area contributed by atoms with E-state index >= 15 is 0 Å². The first kappa shape index (κ1) is 21.7. The lowest BCUT2D eigenvalue weighted by Crippen LogP contribution is -2.43. The maximum Gasteiger partial charge on any atom is 0.410 e. The van der Waals surface area contributed by atoms with Crippen molar-refractivity contribution in [2.45, 2.75) is 59.2 Å². The molecule has 0 bridgehead atoms. The molecule has 0 unspecified atom stereocenters. The van der Waals surface area contributed by atoms with E-state index in [0.29, 0.717) is 31.6 Å². The summed E-state index contributed by atoms with van der Waals surface area (Å²) in [5, 5.41) is 2.74. The number of ether oxygens (including phenoxy) is 2. The quantitative estimate of drug-likeness (QED) is 0.795. The number of nitrogens with zero attached hydrogens (tertiary/aromatic N) is 1. The minimum Gasteiger partial charge on any atom is -0.452 e. The highest BCUT2D eigenvalue weighted by atomic mass is 16.6. The number of esters is 1. The van der Waals surface area contributed by atoms with Gasteiger partial charge < -0.3 is 19.7 Å². The van der Waals surface area contributed by atoms with Gasteiger partial charge in [-0.1, -0.05) is 17.7 Å². The van der Waals surface area contributed by atoms with Gasteiger partial charge in [0.25, 0.3) is 5.91 Å². The van der Waals surface area contributed by atoms with Gasteiger partial charge >= 0.3 is 12.1 Å². The zero-order valence-electron chi connectivity index (χ0n) is 17.3. The lowest BCUT2D eigenvalue weighted by atomic mass is 9.97. The van der Waals surface area contributed by atoms with Crippen LogP contribution >= 0.6 is 0 Å². The highest BCUT2D eigenvalue weighted by Gasteiger charge is 2.32. The molecule has 1 saturated heterocycles. The van der Waals surface area contributed by atoms with Gasteiger partial charge in [0, 0.05) is 18.8 Å². The van der Waals surface area contributed by atoms with Gasteiger partial charge in [0.2, 0.25) is 0 Å². The van der Waals surface area contributed by atoms with Crippen molar-refractivity contribution < 1.29 is 23.9 Å². The van der Waals surface area contributed by atoms with Crippen LogP contribution in [0.1, 0.15) is 46.1 Å². The fourth-order valence-electron chi connectivity index (χ4n) is 2.83. The number of piperidine rings is 1. The second-order valence-corrected chi connectivity index (χ2v) is 8.18. The van der Waals surface area contributed by atoms with Crippen LogP contribution in [0.15, 0.2) is 24.3 Å². The molecule has 0 spiro atoms. The molecule has 154 valence electrons. The molecule has 1 fully saturated rings. The first-order valence-electron chi connectivity index (χ1n) is 9.61. The van der Waals surface area contributed by atoms with Crippen LogP contribution in [0.5, 0.6) is 0 Å². The van der Waals surface area contributed by atoms with E-state index < -0.39 is 17.7 Å². The molecule has 0 aromatic heterocycles. The number of carbonyl (C=O) groups excluding carboxylic acids is 3. The highest BCUT2D eigenvalue weighted by Crippen LogP contribution is 2.21. The summed E-state index contributed by atoms with van der Waals surface area (Å²) in [4.78, 5) is 38.3. The van der Waals surface area contributed by atoms with Crippen LogP contribution in [-0.2, 0) is 19.1 Å². The van der Waals surface area contributed by atoms with Crippen molar-refractivity contribution in [1.82, 2.24) is 4.90 Å². The normalized spacial score (nSPS) is 16.2. The number of rotatable bonds is 4. The molecular formula is C21H30N2O5. The summed E-state index contributed by atoms with van der Waals surface area (Å²) < 4.78 is 10.7. The van der Waals surface area contributed by atoms with Crippen LogP contribution in [0.25, 0.3) is 0 Å². The molecule has 0 radical (unpaired) electrons. The fraction of sp³-hybridized carbons (Fsp3) is 0.571. The molecule has 0 saturated carbocycles. The summed E-state index contributed by atoms with van der Waals surface area (Å²) in [5.41, 5.74) is 1.20. The number of hydrogen-bond acceptors (Lipinski definition) is 5. The third kappa shape index (κ3) is 6.55. The third-order valence-electron chi connectivity index (χ3n) is 4.46. The van der Waals surface area contributed by atoms with E-state index in [4.69, 9.17) is 9.47 Å². The number of amides is 2. The van der Waals surface area contributed by atoms with E-state index in [2.05, 4.69) is 5.32 Å². The lowest BCUT2D eigenvalue weighted by molar-refractivity contribution is -0.158. The topological polar surface area (TPSA) is 84.9 Å². The molecule has 1 aliphatic rings. The summed E-state index contributed by atoms with van der Waals surface area (Å²) in [7, 11) is 0. The average molecular weight is 390 g/mol. The fourth-order valence-corrected chi connectivity index (χ4v) is 2.83. The van der Waals surface area contributed by atoms with Crippen molar-refractivity contribution in [1.29, 1.82) is 0 Å². The number of aryl methyl sites for hydroxylation is 1. The Bertz CT molecular complexity index is 701. The highest BCUT2D eigenvalue weighted by molar-refractivity contribution is 5.95. The predicted octanol–water partition coefficient (Wildman–Crippen LogP) is 3.51. The Hall–Kier alpha value is -2.57. The van der Waals surface area contributed by atoms with Gasteiger partial charge in [-0.2, -0.15) is 0 Å². The number of carbonyl (C=O) groups is 3. The molecule has 1 aromatic rings. The largest absolute Gasteiger partial charge is 0.452 e. The molecular weight excluding hydrogens is 360 g/mol. The Morgan fingerprint density at radius 1 is 1.11 bits per heavy atom. The third-order valence-corrected chi connectivity index (χ3v) is 4.46. The van der Waals surface area contributed by atoms with E-state index in [1.54, 1.807) is 24.0 Å². The molecule has 1 aliphatic heterocycles. The average Bonchev–Trinajstić information content (AvgIpc) is 2.62. The van der Waals surface area contributed by atoms with Crippen LogP contribution in [0.3, 0.4) is 0 Å². The summed E-state index contributed by atoms with van der Waals surface area (Å²) in [6.07, 6.45) is -0.280. The molecule has 2 amide bonds. The molecule has 28 heavy (non-hydrogen) atoms. The number of benzene rings is 1. The summed E-state index contributed by atoms with van der Waals surface area (Å²) in [6, 6.07) is 7.39. The minimum atomic E-state index is -0.891. The first-order chi connectivity index (χ1) is 13.0. The second-order valence-electron chi connectivity index (χ2n) is 8.18. The minimum absolute atomic E-state index is 0.326. The molecule has 7 heteroatoms. The molecule has 1 atom stereocenters. The molecule has 2 rings (SSSR count). The molecule has 1 N–H and O–H groups in total. The van der Waals surface area contributed by atoms with Crippen LogP contribution in [-0.4, -0.2) is 47.7 Å². The predicted molar refractivity (Wildman–Crippen MR) is 106 cm³/mol. The van der Waals surface area contributed by atoms with Crippen molar-refractivity contribution in [3.63, 3.8) is 0 Å². The molecule has 7 nitrogen and oxygen atoms in total. The van der Waals surface area contributed by atoms with Gasteiger partial charge in [0.05, 0.1) is 5.92 Å². The van der Waals surface area contributed by atoms with Gasteiger partial charge in [-0.25, -0.2) is 4.79 Å². The van der Waals surface area contributed by atoms with Crippen molar-refractivity contribution >= 4 is 23.7 Å². The maximum absolute atomic E-state index is 12.4. The van der Waals surface area contributed by atoms with Gasteiger partial charge in [0.1, 0.15) is 5.60 Å². The van der Waals surface area contributed by atoms with Crippen LogP contribution in [0.4, 0.5) is 10.5 Å². The van der Waals surface area contributed by atoms with Crippen LogP contribution in [0, 0.1) is 12.8 Å². The number of nitrogens with one attached hydrogen (secondary N) is 1. The first-order valence-corrected chi connectivity index (χ1v) is 9.61. The molecule has 1 aromatic carbocycles. The zero-order valence-corrected chi connectivity index (χ0v) is 17.3. The van der Waals surface area contributed by atoms with E-state index in [-0.39, 0.29) is 17.9 Å². The van der Waals surface area contributed by atoms with Gasteiger partial charge in [-0.3, -0.25) is 9.59 Å². The summed E-state index contributed by atoms with van der Waals surface area (Å²) in [5.74, 6) is -1.10. The van der Waals surface area contributed by atoms with Crippen molar-refractivity contribution in [3.05, 3.63) is 29.8 Å². The summed E-state index contributed by atoms with van der Waals surface area (Å²) in [6.45, 7) is 9.83. The Balaban J connectivity index is 1.79. The van der Waals surface area contributed by atoms with Crippen LogP contribution < -0.4 is 5.32 Å². The van der Waals surface area contributed by atoms with E-state index in [1.807, 2.05) is 39.8 Å². The van der Waals surface area contributed by atoms with Crippen molar-refractivity contribution in [2.24, 2.45) is 5.92 Å². The van der Waals surface area contributed by atoms with E-state index in [1.165, 1.54) is 0 Å². The Morgan fingerprint density at radius 3 is 2.21 bits per heavy atom. The van der Waals surface area contributed by atoms with Crippen molar-refractivity contribution in [2.75, 3.05) is 18.4 Å².